The Labute approximate surface area is 224 Å². The van der Waals surface area contributed by atoms with Gasteiger partial charge in [0.15, 0.2) is 0 Å². The van der Waals surface area contributed by atoms with Gasteiger partial charge in [-0.1, -0.05) is 65.8 Å². The fourth-order valence-corrected chi connectivity index (χ4v) is 3.02. The molecular weight excluding hydrogens is 486 g/mol. The number of carbonyl (C=O) groups excluding carboxylic acids is 3. The van der Waals surface area contributed by atoms with Gasteiger partial charge in [0.2, 0.25) is 0 Å². The van der Waals surface area contributed by atoms with Gasteiger partial charge in [0, 0.05) is 6.07 Å². The summed E-state index contributed by atoms with van der Waals surface area (Å²) in [5.41, 5.74) is 19.1. The van der Waals surface area contributed by atoms with Crippen molar-refractivity contribution < 1.29 is 28.6 Å². The van der Waals surface area contributed by atoms with Crippen LogP contribution in [-0.4, -0.2) is 36.0 Å². The highest BCUT2D eigenvalue weighted by atomic mass is 16.5. The first-order valence-corrected chi connectivity index (χ1v) is 12.6. The maximum atomic E-state index is 12.4. The van der Waals surface area contributed by atoms with E-state index in [0.29, 0.717) is 11.3 Å². The molecule has 0 saturated heterocycles. The molecule has 0 saturated carbocycles. The van der Waals surface area contributed by atoms with E-state index >= 15 is 0 Å². The summed E-state index contributed by atoms with van der Waals surface area (Å²) in [5.74, 6) is -1.22. The van der Waals surface area contributed by atoms with E-state index in [4.69, 9.17) is 31.4 Å². The maximum absolute atomic E-state index is 12.4. The first kappa shape index (κ1) is 30.7. The van der Waals surface area contributed by atoms with Crippen molar-refractivity contribution in [3.8, 4) is 17.2 Å². The molecule has 0 heterocycles. The molecule has 0 fully saturated rings. The van der Waals surface area contributed by atoms with Crippen LogP contribution >= 0.6 is 0 Å². The van der Waals surface area contributed by atoms with E-state index < -0.39 is 36.0 Å². The van der Waals surface area contributed by atoms with Crippen molar-refractivity contribution in [3.05, 3.63) is 53.6 Å². The van der Waals surface area contributed by atoms with Crippen LogP contribution in [0.2, 0.25) is 0 Å². The van der Waals surface area contributed by atoms with Crippen LogP contribution < -0.4 is 31.4 Å². The molecule has 0 radical (unpaired) electrons. The molecule has 0 aliphatic carbocycles. The Kier molecular flexibility index (Phi) is 11.2. The molecule has 38 heavy (non-hydrogen) atoms. The third-order valence-electron chi connectivity index (χ3n) is 5.88. The maximum Gasteiger partial charge on any atom is 0.328 e. The van der Waals surface area contributed by atoms with Gasteiger partial charge in [-0.05, 0) is 53.1 Å². The van der Waals surface area contributed by atoms with Gasteiger partial charge in [0.1, 0.15) is 35.4 Å². The fraction of sp³-hybridized carbons (Fsp3) is 0.414. The molecule has 0 bridgehead atoms. The second kappa shape index (κ2) is 13.9. The molecule has 0 aromatic heterocycles. The summed E-state index contributed by atoms with van der Waals surface area (Å²) in [6, 6.07) is 9.25. The van der Waals surface area contributed by atoms with Crippen molar-refractivity contribution in [1.82, 2.24) is 0 Å². The summed E-state index contributed by atoms with van der Waals surface area (Å²) < 4.78 is 16.3. The van der Waals surface area contributed by atoms with Crippen LogP contribution in [0.25, 0.3) is 12.2 Å². The minimum atomic E-state index is -0.808. The molecule has 206 valence electrons. The van der Waals surface area contributed by atoms with Crippen LogP contribution in [0, 0.1) is 17.8 Å². The molecule has 0 aliphatic rings. The standard InChI is InChI=1S/C29H39N3O6/c1-16(2)24(30)27(33)36-21-11-9-19(10-12-21)7-8-20-13-22(37-28(34)25(31)17(3)4)15-23(14-20)38-29(35)26(32)18(5)6/h7-18,24-26H,30-32H2,1-6H3/t24-,25-,26-/m0/s1. The van der Waals surface area contributed by atoms with Crippen molar-refractivity contribution in [2.24, 2.45) is 35.0 Å². The van der Waals surface area contributed by atoms with Gasteiger partial charge < -0.3 is 31.4 Å². The highest BCUT2D eigenvalue weighted by Crippen LogP contribution is 2.26. The summed E-state index contributed by atoms with van der Waals surface area (Å²) in [5, 5.41) is 0. The number of nitrogens with two attached hydrogens (primary N) is 3. The predicted octanol–water partition coefficient (Wildman–Crippen LogP) is 3.52. The van der Waals surface area contributed by atoms with Gasteiger partial charge in [-0.2, -0.15) is 0 Å². The highest BCUT2D eigenvalue weighted by molar-refractivity contribution is 5.81. The third kappa shape index (κ3) is 9.09. The van der Waals surface area contributed by atoms with Crippen LogP contribution in [0.4, 0.5) is 0 Å². The fourth-order valence-electron chi connectivity index (χ4n) is 3.02. The monoisotopic (exact) mass is 525 g/mol. The van der Waals surface area contributed by atoms with Gasteiger partial charge in [-0.15, -0.1) is 0 Å². The molecule has 2 aromatic rings. The third-order valence-corrected chi connectivity index (χ3v) is 5.88. The van der Waals surface area contributed by atoms with E-state index in [0.717, 1.165) is 5.56 Å². The Balaban J connectivity index is 2.26. The van der Waals surface area contributed by atoms with Gasteiger partial charge in [0.05, 0.1) is 0 Å². The van der Waals surface area contributed by atoms with Crippen LogP contribution in [0.15, 0.2) is 42.5 Å². The number of ether oxygens (including phenoxy) is 3. The first-order valence-electron chi connectivity index (χ1n) is 12.6. The largest absolute Gasteiger partial charge is 0.425 e. The molecular formula is C29H39N3O6. The molecule has 0 unspecified atom stereocenters. The smallest absolute Gasteiger partial charge is 0.328 e. The summed E-state index contributed by atoms with van der Waals surface area (Å²) >= 11 is 0. The summed E-state index contributed by atoms with van der Waals surface area (Å²) in [7, 11) is 0. The van der Waals surface area contributed by atoms with Crippen LogP contribution in [0.5, 0.6) is 17.2 Å². The van der Waals surface area contributed by atoms with E-state index in [-0.39, 0.29) is 29.3 Å². The molecule has 3 atom stereocenters. The van der Waals surface area contributed by atoms with Crippen molar-refractivity contribution >= 4 is 30.1 Å². The lowest BCUT2D eigenvalue weighted by Gasteiger charge is -2.17. The van der Waals surface area contributed by atoms with E-state index in [9.17, 15) is 14.4 Å². The minimum Gasteiger partial charge on any atom is -0.425 e. The predicted molar refractivity (Wildman–Crippen MR) is 147 cm³/mol. The van der Waals surface area contributed by atoms with E-state index in [1.54, 1.807) is 48.6 Å². The second-order valence-electron chi connectivity index (χ2n) is 10.2. The van der Waals surface area contributed by atoms with Crippen molar-refractivity contribution in [1.29, 1.82) is 0 Å². The lowest BCUT2D eigenvalue weighted by Crippen LogP contribution is -2.39. The molecule has 2 rings (SSSR count). The van der Waals surface area contributed by atoms with Gasteiger partial charge in [-0.25, -0.2) is 14.4 Å². The lowest BCUT2D eigenvalue weighted by molar-refractivity contribution is -0.137. The Hall–Kier alpha value is -3.53. The van der Waals surface area contributed by atoms with Crippen LogP contribution in [0.3, 0.4) is 0 Å². The SMILES string of the molecule is CC(C)[C@H](N)C(=O)Oc1ccc(C=Cc2cc(OC(=O)[C@@H](N)C(C)C)cc(OC(=O)[C@@H](N)C(C)C)c2)cc1. The summed E-state index contributed by atoms with van der Waals surface area (Å²) in [6.07, 6.45) is 3.56. The molecule has 6 N–H and O–H groups in total. The number of carbonyl (C=O) groups is 3. The number of rotatable bonds is 11. The Morgan fingerprint density at radius 1 is 0.553 bits per heavy atom. The van der Waals surface area contributed by atoms with Crippen LogP contribution in [-0.2, 0) is 14.4 Å². The Bertz CT molecular complexity index is 1100. The van der Waals surface area contributed by atoms with E-state index in [2.05, 4.69) is 0 Å². The first-order chi connectivity index (χ1) is 17.8. The van der Waals surface area contributed by atoms with E-state index in [1.807, 2.05) is 41.5 Å². The topological polar surface area (TPSA) is 157 Å². The molecule has 0 spiro atoms. The number of esters is 3. The Morgan fingerprint density at radius 3 is 1.26 bits per heavy atom. The summed E-state index contributed by atoms with van der Waals surface area (Å²) in [6.45, 7) is 11.0. The quantitative estimate of drug-likeness (QED) is 0.227. The number of benzene rings is 2. The van der Waals surface area contributed by atoms with E-state index in [1.165, 1.54) is 6.07 Å². The van der Waals surface area contributed by atoms with Crippen molar-refractivity contribution in [2.45, 2.75) is 59.7 Å². The minimum absolute atomic E-state index is 0.0360. The van der Waals surface area contributed by atoms with Gasteiger partial charge in [0.25, 0.3) is 0 Å². The number of hydrogen-bond donors (Lipinski definition) is 3. The zero-order valence-corrected chi connectivity index (χ0v) is 22.8. The second-order valence-corrected chi connectivity index (χ2v) is 10.2. The molecule has 0 aliphatic heterocycles. The van der Waals surface area contributed by atoms with Gasteiger partial charge >= 0.3 is 17.9 Å². The average molecular weight is 526 g/mol. The summed E-state index contributed by atoms with van der Waals surface area (Å²) in [4.78, 5) is 36.9. The Morgan fingerprint density at radius 2 is 0.895 bits per heavy atom. The zero-order chi connectivity index (χ0) is 28.6. The normalized spacial score (nSPS) is 14.0. The van der Waals surface area contributed by atoms with Crippen molar-refractivity contribution in [3.63, 3.8) is 0 Å². The highest BCUT2D eigenvalue weighted by Gasteiger charge is 2.22. The molecule has 0 amide bonds. The number of hydrogen-bond acceptors (Lipinski definition) is 9. The average Bonchev–Trinajstić information content (AvgIpc) is 2.86. The van der Waals surface area contributed by atoms with Crippen LogP contribution in [0.1, 0.15) is 52.7 Å². The lowest BCUT2D eigenvalue weighted by atomic mass is 10.1. The molecule has 9 heteroatoms. The molecule has 2 aromatic carbocycles. The molecule has 9 nitrogen and oxygen atoms in total. The zero-order valence-electron chi connectivity index (χ0n) is 22.8. The van der Waals surface area contributed by atoms with Crippen molar-refractivity contribution in [2.75, 3.05) is 0 Å². The van der Waals surface area contributed by atoms with Gasteiger partial charge in [-0.3, -0.25) is 0 Å².